The molecule has 1 aliphatic carbocycles. The zero-order chi connectivity index (χ0) is 15.7. The lowest BCUT2D eigenvalue weighted by Gasteiger charge is -2.39. The molecule has 1 amide bonds. The standard InChI is InChI=1S/C15H21N3O3S/c1-11-6-14(11)15(19)18-8-12(9-18)10-22(20,21)17-7-13-4-2-3-5-16-13/h2-5,11-12,14,17H,6-10H2,1H3. The van der Waals surface area contributed by atoms with E-state index in [4.69, 9.17) is 0 Å². The van der Waals surface area contributed by atoms with Gasteiger partial charge in [0, 0.05) is 31.1 Å². The minimum absolute atomic E-state index is 0.0410. The largest absolute Gasteiger partial charge is 0.342 e. The molecule has 1 saturated carbocycles. The summed E-state index contributed by atoms with van der Waals surface area (Å²) in [6, 6.07) is 5.40. The Balaban J connectivity index is 1.42. The van der Waals surface area contributed by atoms with Gasteiger partial charge in [-0.3, -0.25) is 9.78 Å². The second-order valence-electron chi connectivity index (χ2n) is 6.35. The Morgan fingerprint density at radius 3 is 2.73 bits per heavy atom. The second-order valence-corrected chi connectivity index (χ2v) is 8.20. The molecule has 0 radical (unpaired) electrons. The van der Waals surface area contributed by atoms with Crippen LogP contribution in [0.3, 0.4) is 0 Å². The minimum atomic E-state index is -3.33. The van der Waals surface area contributed by atoms with Gasteiger partial charge in [0.05, 0.1) is 18.0 Å². The molecule has 2 atom stereocenters. The molecular formula is C15H21N3O3S. The molecule has 3 rings (SSSR count). The molecule has 1 aliphatic heterocycles. The number of likely N-dealkylation sites (tertiary alicyclic amines) is 1. The number of carbonyl (C=O) groups is 1. The molecule has 1 N–H and O–H groups in total. The molecular weight excluding hydrogens is 302 g/mol. The molecule has 2 heterocycles. The van der Waals surface area contributed by atoms with E-state index in [1.165, 1.54) is 0 Å². The van der Waals surface area contributed by atoms with Crippen molar-refractivity contribution in [1.29, 1.82) is 0 Å². The Morgan fingerprint density at radius 2 is 2.14 bits per heavy atom. The number of sulfonamides is 1. The van der Waals surface area contributed by atoms with Crippen LogP contribution in [0.5, 0.6) is 0 Å². The van der Waals surface area contributed by atoms with Gasteiger partial charge in [0.25, 0.3) is 0 Å². The van der Waals surface area contributed by atoms with Gasteiger partial charge < -0.3 is 4.90 Å². The van der Waals surface area contributed by atoms with Crippen molar-refractivity contribution in [3.63, 3.8) is 0 Å². The van der Waals surface area contributed by atoms with Gasteiger partial charge in [-0.2, -0.15) is 0 Å². The first-order valence-corrected chi connectivity index (χ1v) is 9.26. The van der Waals surface area contributed by atoms with Crippen LogP contribution in [0.4, 0.5) is 0 Å². The Morgan fingerprint density at radius 1 is 1.41 bits per heavy atom. The predicted octanol–water partition coefficient (Wildman–Crippen LogP) is 0.615. The van der Waals surface area contributed by atoms with Crippen molar-refractivity contribution in [2.24, 2.45) is 17.8 Å². The summed E-state index contributed by atoms with van der Waals surface area (Å²) in [4.78, 5) is 17.8. The van der Waals surface area contributed by atoms with Gasteiger partial charge in [0.15, 0.2) is 0 Å². The number of aromatic nitrogens is 1. The molecule has 120 valence electrons. The molecule has 7 heteroatoms. The third kappa shape index (κ3) is 3.64. The van der Waals surface area contributed by atoms with Crippen molar-refractivity contribution in [2.45, 2.75) is 19.9 Å². The molecule has 2 aliphatic rings. The van der Waals surface area contributed by atoms with Crippen LogP contribution in [-0.4, -0.2) is 43.1 Å². The molecule has 2 unspecified atom stereocenters. The molecule has 0 bridgehead atoms. The van der Waals surface area contributed by atoms with E-state index < -0.39 is 10.0 Å². The number of rotatable bonds is 6. The number of hydrogen-bond donors (Lipinski definition) is 1. The summed E-state index contributed by atoms with van der Waals surface area (Å²) < 4.78 is 26.6. The van der Waals surface area contributed by atoms with Crippen LogP contribution in [0.1, 0.15) is 19.0 Å². The van der Waals surface area contributed by atoms with E-state index >= 15 is 0 Å². The van der Waals surface area contributed by atoms with Gasteiger partial charge in [0.2, 0.25) is 15.9 Å². The highest BCUT2D eigenvalue weighted by Crippen LogP contribution is 2.40. The van der Waals surface area contributed by atoms with Crippen molar-refractivity contribution in [3.05, 3.63) is 30.1 Å². The van der Waals surface area contributed by atoms with Gasteiger partial charge in [-0.05, 0) is 24.5 Å². The number of carbonyl (C=O) groups excluding carboxylic acids is 1. The summed E-state index contributed by atoms with van der Waals surface area (Å²) in [6.45, 7) is 3.41. The van der Waals surface area contributed by atoms with Crippen molar-refractivity contribution < 1.29 is 13.2 Å². The Bertz CT molecular complexity index is 641. The maximum atomic E-state index is 12.0. The number of nitrogens with one attached hydrogen (secondary N) is 1. The lowest BCUT2D eigenvalue weighted by Crippen LogP contribution is -2.53. The fourth-order valence-corrected chi connectivity index (χ4v) is 4.13. The Kier molecular flexibility index (Phi) is 4.18. The van der Waals surface area contributed by atoms with Crippen LogP contribution in [0.25, 0.3) is 0 Å². The molecule has 0 spiro atoms. The summed E-state index contributed by atoms with van der Waals surface area (Å²) in [5.41, 5.74) is 0.694. The average Bonchev–Trinajstić information content (AvgIpc) is 3.18. The fraction of sp³-hybridized carbons (Fsp3) is 0.600. The Labute approximate surface area is 131 Å². The zero-order valence-corrected chi connectivity index (χ0v) is 13.4. The summed E-state index contributed by atoms with van der Waals surface area (Å²) in [7, 11) is -3.33. The van der Waals surface area contributed by atoms with E-state index in [0.717, 1.165) is 6.42 Å². The summed E-state index contributed by atoms with van der Waals surface area (Å²) in [5.74, 6) is 0.987. The third-order valence-corrected chi connectivity index (χ3v) is 5.84. The minimum Gasteiger partial charge on any atom is -0.342 e. The van der Waals surface area contributed by atoms with Crippen LogP contribution >= 0.6 is 0 Å². The van der Waals surface area contributed by atoms with Gasteiger partial charge in [-0.15, -0.1) is 0 Å². The van der Waals surface area contributed by atoms with E-state index in [-0.39, 0.29) is 30.0 Å². The summed E-state index contributed by atoms with van der Waals surface area (Å²) in [5, 5.41) is 0. The van der Waals surface area contributed by atoms with E-state index in [1.807, 2.05) is 6.07 Å². The first-order valence-electron chi connectivity index (χ1n) is 7.60. The highest BCUT2D eigenvalue weighted by molar-refractivity contribution is 7.89. The van der Waals surface area contributed by atoms with Crippen molar-refractivity contribution >= 4 is 15.9 Å². The van der Waals surface area contributed by atoms with E-state index in [0.29, 0.717) is 24.7 Å². The van der Waals surface area contributed by atoms with Crippen molar-refractivity contribution in [2.75, 3.05) is 18.8 Å². The van der Waals surface area contributed by atoms with Gasteiger partial charge in [-0.25, -0.2) is 13.1 Å². The zero-order valence-electron chi connectivity index (χ0n) is 12.6. The lowest BCUT2D eigenvalue weighted by atomic mass is 10.0. The maximum absolute atomic E-state index is 12.0. The van der Waals surface area contributed by atoms with Gasteiger partial charge in [-0.1, -0.05) is 13.0 Å². The second kappa shape index (κ2) is 5.96. The lowest BCUT2D eigenvalue weighted by molar-refractivity contribution is -0.138. The molecule has 1 aromatic heterocycles. The predicted molar refractivity (Wildman–Crippen MR) is 82.2 cm³/mol. The van der Waals surface area contributed by atoms with Crippen LogP contribution in [-0.2, 0) is 21.4 Å². The Hall–Kier alpha value is -1.47. The molecule has 0 aromatic carbocycles. The van der Waals surface area contributed by atoms with Crippen LogP contribution in [0.2, 0.25) is 0 Å². The highest BCUT2D eigenvalue weighted by atomic mass is 32.2. The maximum Gasteiger partial charge on any atom is 0.225 e. The number of amides is 1. The molecule has 6 nitrogen and oxygen atoms in total. The smallest absolute Gasteiger partial charge is 0.225 e. The number of nitrogens with zero attached hydrogens (tertiary/aromatic N) is 2. The van der Waals surface area contributed by atoms with Crippen molar-refractivity contribution in [1.82, 2.24) is 14.6 Å². The molecule has 1 aromatic rings. The van der Waals surface area contributed by atoms with E-state index in [1.54, 1.807) is 23.2 Å². The van der Waals surface area contributed by atoms with Crippen LogP contribution in [0, 0.1) is 17.8 Å². The monoisotopic (exact) mass is 323 g/mol. The third-order valence-electron chi connectivity index (χ3n) is 4.35. The first-order chi connectivity index (χ1) is 10.4. The highest BCUT2D eigenvalue weighted by Gasteiger charge is 2.45. The topological polar surface area (TPSA) is 79.4 Å². The van der Waals surface area contributed by atoms with Crippen molar-refractivity contribution in [3.8, 4) is 0 Å². The SMILES string of the molecule is CC1CC1C(=O)N1CC(CS(=O)(=O)NCc2ccccn2)C1. The number of hydrogen-bond acceptors (Lipinski definition) is 4. The van der Waals surface area contributed by atoms with Crippen LogP contribution in [0.15, 0.2) is 24.4 Å². The first kappa shape index (κ1) is 15.4. The normalized spacial score (nSPS) is 24.9. The number of pyridine rings is 1. The summed E-state index contributed by atoms with van der Waals surface area (Å²) >= 11 is 0. The van der Waals surface area contributed by atoms with E-state index in [2.05, 4.69) is 16.6 Å². The van der Waals surface area contributed by atoms with Crippen LogP contribution < -0.4 is 4.72 Å². The molecule has 2 fully saturated rings. The summed E-state index contributed by atoms with van der Waals surface area (Å²) in [6.07, 6.45) is 2.61. The van der Waals surface area contributed by atoms with E-state index in [9.17, 15) is 13.2 Å². The quantitative estimate of drug-likeness (QED) is 0.832. The molecule has 22 heavy (non-hydrogen) atoms. The van der Waals surface area contributed by atoms with Gasteiger partial charge >= 0.3 is 0 Å². The average molecular weight is 323 g/mol. The fourth-order valence-electron chi connectivity index (χ4n) is 2.81. The van der Waals surface area contributed by atoms with Gasteiger partial charge in [0.1, 0.15) is 0 Å². The molecule has 1 saturated heterocycles.